The monoisotopic (exact) mass is 357 g/mol. The van der Waals surface area contributed by atoms with Crippen molar-refractivity contribution in [2.24, 2.45) is 5.92 Å². The van der Waals surface area contributed by atoms with Crippen LogP contribution in [0.1, 0.15) is 43.5 Å². The van der Waals surface area contributed by atoms with E-state index < -0.39 is 0 Å². The fourth-order valence-electron chi connectivity index (χ4n) is 4.47. The van der Waals surface area contributed by atoms with E-state index in [0.29, 0.717) is 12.3 Å². The number of nitrogens with zero attached hydrogens (tertiary/aromatic N) is 5. The smallest absolute Gasteiger partial charge is 0.222 e. The first-order valence-corrected chi connectivity index (χ1v) is 10.0. The predicted molar refractivity (Wildman–Crippen MR) is 101 cm³/mol. The lowest BCUT2D eigenvalue weighted by Gasteiger charge is -2.49. The Labute approximate surface area is 156 Å². The Morgan fingerprint density at radius 2 is 1.92 bits per heavy atom. The number of aromatic nitrogens is 2. The lowest BCUT2D eigenvalue weighted by Crippen LogP contribution is -2.60. The Morgan fingerprint density at radius 3 is 2.65 bits per heavy atom. The minimum Gasteiger partial charge on any atom is -0.342 e. The molecule has 1 saturated carbocycles. The summed E-state index contributed by atoms with van der Waals surface area (Å²) in [7, 11) is 2.24. The largest absolute Gasteiger partial charge is 0.342 e. The molecule has 26 heavy (non-hydrogen) atoms. The van der Waals surface area contributed by atoms with E-state index in [1.807, 2.05) is 19.3 Å². The summed E-state index contributed by atoms with van der Waals surface area (Å²) in [6.45, 7) is 7.88. The van der Waals surface area contributed by atoms with Gasteiger partial charge in [-0.1, -0.05) is 0 Å². The number of amides is 1. The number of carbonyl (C=O) groups excluding carboxylic acids is 1. The Morgan fingerprint density at radius 1 is 1.15 bits per heavy atom. The van der Waals surface area contributed by atoms with Gasteiger partial charge >= 0.3 is 0 Å². The highest BCUT2D eigenvalue weighted by molar-refractivity contribution is 5.76. The van der Waals surface area contributed by atoms with Gasteiger partial charge in [0.2, 0.25) is 5.91 Å². The molecule has 0 N–H and O–H groups in total. The van der Waals surface area contributed by atoms with Crippen LogP contribution in [0.15, 0.2) is 12.4 Å². The SMILES string of the molecule is Cc1ncc(CN2CCN(C)[C@]3(CCC(=O)N(CC4CC4)CC3)C2)cn1. The normalized spacial score (nSPS) is 28.5. The number of carbonyl (C=O) groups is 1. The maximum absolute atomic E-state index is 12.6. The summed E-state index contributed by atoms with van der Waals surface area (Å²) < 4.78 is 0. The first-order valence-electron chi connectivity index (χ1n) is 10.0. The minimum atomic E-state index is 0.123. The molecule has 3 fully saturated rings. The predicted octanol–water partition coefficient (Wildman–Crippen LogP) is 1.69. The fraction of sp³-hybridized carbons (Fsp3) is 0.750. The maximum Gasteiger partial charge on any atom is 0.222 e. The molecule has 0 bridgehead atoms. The van der Waals surface area contributed by atoms with E-state index >= 15 is 0 Å². The number of hydrogen-bond acceptors (Lipinski definition) is 5. The Kier molecular flexibility index (Phi) is 4.97. The molecule has 1 spiro atoms. The number of likely N-dealkylation sites (N-methyl/N-ethyl adjacent to an activating group) is 1. The van der Waals surface area contributed by atoms with Crippen molar-refractivity contribution in [3.05, 3.63) is 23.8 Å². The zero-order chi connectivity index (χ0) is 18.1. The van der Waals surface area contributed by atoms with Gasteiger partial charge in [0.15, 0.2) is 0 Å². The third-order valence-corrected chi connectivity index (χ3v) is 6.50. The van der Waals surface area contributed by atoms with Crippen LogP contribution in [-0.4, -0.2) is 75.9 Å². The summed E-state index contributed by atoms with van der Waals surface area (Å²) in [6, 6.07) is 0. The van der Waals surface area contributed by atoms with E-state index in [1.165, 1.54) is 18.4 Å². The summed E-state index contributed by atoms with van der Waals surface area (Å²) in [5, 5.41) is 0. The van der Waals surface area contributed by atoms with Crippen LogP contribution in [0.4, 0.5) is 0 Å². The number of aryl methyl sites for hydroxylation is 1. The Bertz CT molecular complexity index is 644. The van der Waals surface area contributed by atoms with Gasteiger partial charge in [0, 0.05) is 69.2 Å². The van der Waals surface area contributed by atoms with Crippen molar-refractivity contribution >= 4 is 5.91 Å². The van der Waals surface area contributed by atoms with E-state index in [4.69, 9.17) is 0 Å². The zero-order valence-electron chi connectivity index (χ0n) is 16.2. The fourth-order valence-corrected chi connectivity index (χ4v) is 4.47. The summed E-state index contributed by atoms with van der Waals surface area (Å²) in [5.41, 5.74) is 1.30. The number of rotatable bonds is 4. The van der Waals surface area contributed by atoms with Crippen LogP contribution in [0.5, 0.6) is 0 Å². The van der Waals surface area contributed by atoms with Crippen LogP contribution >= 0.6 is 0 Å². The molecule has 0 aromatic carbocycles. The molecule has 0 radical (unpaired) electrons. The van der Waals surface area contributed by atoms with Gasteiger partial charge in [-0.25, -0.2) is 9.97 Å². The van der Waals surface area contributed by atoms with Crippen molar-refractivity contribution in [2.45, 2.75) is 51.1 Å². The lowest BCUT2D eigenvalue weighted by molar-refractivity contribution is -0.131. The second-order valence-corrected chi connectivity index (χ2v) is 8.53. The van der Waals surface area contributed by atoms with E-state index in [1.54, 1.807) is 0 Å². The average Bonchev–Trinajstić information content (AvgIpc) is 3.46. The molecule has 3 aliphatic rings. The molecule has 2 saturated heterocycles. The number of hydrogen-bond donors (Lipinski definition) is 0. The molecular formula is C20H31N5O. The Balaban J connectivity index is 1.43. The molecular weight excluding hydrogens is 326 g/mol. The van der Waals surface area contributed by atoms with Gasteiger partial charge in [-0.2, -0.15) is 0 Å². The van der Waals surface area contributed by atoms with Crippen LogP contribution in [-0.2, 0) is 11.3 Å². The van der Waals surface area contributed by atoms with Crippen molar-refractivity contribution in [3.63, 3.8) is 0 Å². The van der Waals surface area contributed by atoms with E-state index in [0.717, 1.165) is 63.9 Å². The van der Waals surface area contributed by atoms with Gasteiger partial charge in [-0.05, 0) is 45.6 Å². The van der Waals surface area contributed by atoms with Gasteiger partial charge in [-0.15, -0.1) is 0 Å². The second-order valence-electron chi connectivity index (χ2n) is 8.53. The van der Waals surface area contributed by atoms with Gasteiger partial charge in [0.1, 0.15) is 5.82 Å². The molecule has 1 aliphatic carbocycles. The van der Waals surface area contributed by atoms with E-state index in [9.17, 15) is 4.79 Å². The van der Waals surface area contributed by atoms with Crippen molar-refractivity contribution < 1.29 is 4.79 Å². The van der Waals surface area contributed by atoms with Crippen LogP contribution < -0.4 is 0 Å². The molecule has 6 heteroatoms. The molecule has 0 unspecified atom stereocenters. The van der Waals surface area contributed by atoms with Crippen LogP contribution in [0.3, 0.4) is 0 Å². The molecule has 1 atom stereocenters. The molecule has 142 valence electrons. The molecule has 1 aromatic rings. The van der Waals surface area contributed by atoms with Crippen molar-refractivity contribution in [3.8, 4) is 0 Å². The summed E-state index contributed by atoms with van der Waals surface area (Å²) >= 11 is 0. The van der Waals surface area contributed by atoms with Crippen LogP contribution in [0.25, 0.3) is 0 Å². The lowest BCUT2D eigenvalue weighted by atomic mass is 9.86. The topological polar surface area (TPSA) is 52.6 Å². The van der Waals surface area contributed by atoms with Gasteiger partial charge in [-0.3, -0.25) is 14.6 Å². The molecule has 4 rings (SSSR count). The van der Waals surface area contributed by atoms with Gasteiger partial charge in [0.05, 0.1) is 0 Å². The zero-order valence-corrected chi connectivity index (χ0v) is 16.2. The van der Waals surface area contributed by atoms with Crippen LogP contribution in [0.2, 0.25) is 0 Å². The first kappa shape index (κ1) is 17.9. The number of piperazine rings is 1. The summed E-state index contributed by atoms with van der Waals surface area (Å²) in [6.07, 6.45) is 9.26. The third kappa shape index (κ3) is 3.91. The standard InChI is InChI=1S/C20H31N5O/c1-16-21-11-18(12-22-16)13-24-10-9-23(2)20(15-24)6-5-19(26)25(8-7-20)14-17-3-4-17/h11-12,17H,3-10,13-15H2,1-2H3/t20-/m0/s1. The summed E-state index contributed by atoms with van der Waals surface area (Å²) in [5.74, 6) is 1.96. The molecule has 1 amide bonds. The first-order chi connectivity index (χ1) is 12.5. The van der Waals surface area contributed by atoms with Crippen LogP contribution in [0, 0.1) is 12.8 Å². The maximum atomic E-state index is 12.6. The average molecular weight is 358 g/mol. The minimum absolute atomic E-state index is 0.123. The highest BCUT2D eigenvalue weighted by atomic mass is 16.2. The van der Waals surface area contributed by atoms with E-state index in [2.05, 4.69) is 31.7 Å². The van der Waals surface area contributed by atoms with Crippen molar-refractivity contribution in [2.75, 3.05) is 39.8 Å². The van der Waals surface area contributed by atoms with Crippen molar-refractivity contribution in [1.29, 1.82) is 0 Å². The highest BCUT2D eigenvalue weighted by Gasteiger charge is 2.42. The van der Waals surface area contributed by atoms with Crippen molar-refractivity contribution in [1.82, 2.24) is 24.7 Å². The highest BCUT2D eigenvalue weighted by Crippen LogP contribution is 2.35. The van der Waals surface area contributed by atoms with Gasteiger partial charge in [0.25, 0.3) is 0 Å². The third-order valence-electron chi connectivity index (χ3n) is 6.50. The number of likely N-dealkylation sites (tertiary alicyclic amines) is 1. The quantitative estimate of drug-likeness (QED) is 0.821. The summed E-state index contributed by atoms with van der Waals surface area (Å²) in [4.78, 5) is 28.4. The molecule has 3 heterocycles. The molecule has 6 nitrogen and oxygen atoms in total. The van der Waals surface area contributed by atoms with Gasteiger partial charge < -0.3 is 4.90 Å². The Hall–Kier alpha value is -1.53. The molecule has 2 aliphatic heterocycles. The molecule has 1 aromatic heterocycles. The van der Waals surface area contributed by atoms with E-state index in [-0.39, 0.29) is 5.54 Å². The second kappa shape index (κ2) is 7.24.